The molecule has 7 heteroatoms. The first-order valence-electron chi connectivity index (χ1n) is 10.6. The normalized spacial score (nSPS) is 15.2. The zero-order chi connectivity index (χ0) is 20.6. The van der Waals surface area contributed by atoms with E-state index in [2.05, 4.69) is 59.2 Å². The van der Waals surface area contributed by atoms with Crippen LogP contribution in [0.2, 0.25) is 0 Å². The summed E-state index contributed by atoms with van der Waals surface area (Å²) in [7, 11) is 0. The number of guanidine groups is 1. The van der Waals surface area contributed by atoms with Crippen molar-refractivity contribution >= 4 is 23.0 Å². The first-order valence-corrected chi connectivity index (χ1v) is 10.6. The Labute approximate surface area is 172 Å². The molecule has 1 unspecified atom stereocenters. The van der Waals surface area contributed by atoms with E-state index in [0.29, 0.717) is 19.1 Å². The first-order chi connectivity index (χ1) is 14.1. The number of hydrogen-bond acceptors (Lipinski definition) is 3. The third-order valence-corrected chi connectivity index (χ3v) is 5.26. The first kappa shape index (κ1) is 21.0. The molecule has 1 aliphatic carbocycles. The summed E-state index contributed by atoms with van der Waals surface area (Å²) in [6.07, 6.45) is 4.91. The highest BCUT2D eigenvalue weighted by molar-refractivity contribution is 5.86. The van der Waals surface area contributed by atoms with Gasteiger partial charge in [-0.05, 0) is 57.1 Å². The molecule has 0 spiro atoms. The molecule has 1 aromatic heterocycles. The maximum Gasteiger partial charge on any atom is 0.407 e. The number of ether oxygens (including phenoxy) is 1. The van der Waals surface area contributed by atoms with Crippen LogP contribution in [0, 0.1) is 12.8 Å². The molecule has 0 saturated heterocycles. The van der Waals surface area contributed by atoms with E-state index < -0.39 is 0 Å². The molecule has 7 nitrogen and oxygen atoms in total. The van der Waals surface area contributed by atoms with Crippen molar-refractivity contribution in [2.75, 3.05) is 26.2 Å². The van der Waals surface area contributed by atoms with Gasteiger partial charge in [-0.25, -0.2) is 4.79 Å². The molecule has 0 bridgehead atoms. The van der Waals surface area contributed by atoms with Crippen LogP contribution in [0.5, 0.6) is 0 Å². The molecule has 1 saturated carbocycles. The molecular formula is C22H33N5O2. The molecule has 1 aliphatic rings. The Morgan fingerprint density at radius 2 is 2.14 bits per heavy atom. The summed E-state index contributed by atoms with van der Waals surface area (Å²) in [4.78, 5) is 19.9. The second-order valence-electron chi connectivity index (χ2n) is 7.52. The van der Waals surface area contributed by atoms with E-state index in [1.165, 1.54) is 22.0 Å². The number of H-pyrrole nitrogens is 1. The number of aryl methyl sites for hydroxylation is 1. The number of rotatable bonds is 9. The van der Waals surface area contributed by atoms with Crippen molar-refractivity contribution in [3.8, 4) is 0 Å². The molecule has 1 amide bonds. The highest BCUT2D eigenvalue weighted by atomic mass is 16.5. The average molecular weight is 400 g/mol. The number of nitrogens with one attached hydrogen (secondary N) is 4. The van der Waals surface area contributed by atoms with Crippen molar-refractivity contribution in [1.29, 1.82) is 0 Å². The van der Waals surface area contributed by atoms with Gasteiger partial charge >= 0.3 is 6.09 Å². The van der Waals surface area contributed by atoms with Gasteiger partial charge < -0.3 is 25.7 Å². The summed E-state index contributed by atoms with van der Waals surface area (Å²) in [5, 5.41) is 10.9. The van der Waals surface area contributed by atoms with Crippen LogP contribution in [0.15, 0.2) is 29.4 Å². The highest BCUT2D eigenvalue weighted by Gasteiger charge is 2.32. The van der Waals surface area contributed by atoms with Crippen LogP contribution in [0.3, 0.4) is 0 Å². The number of carbonyl (C=O) groups excluding carboxylic acids is 1. The van der Waals surface area contributed by atoms with Gasteiger partial charge in [-0.1, -0.05) is 18.2 Å². The number of amides is 1. The van der Waals surface area contributed by atoms with Crippen LogP contribution in [0.25, 0.3) is 10.9 Å². The minimum atomic E-state index is -0.354. The predicted molar refractivity (Wildman–Crippen MR) is 117 cm³/mol. The zero-order valence-corrected chi connectivity index (χ0v) is 17.7. The number of aromatic amines is 1. The fraction of sp³-hybridized carbons (Fsp3) is 0.545. The number of para-hydroxylation sites is 1. The summed E-state index contributed by atoms with van der Waals surface area (Å²) in [6, 6.07) is 6.41. The number of alkyl carbamates (subject to hydrolysis) is 1. The van der Waals surface area contributed by atoms with E-state index in [9.17, 15) is 4.79 Å². The smallest absolute Gasteiger partial charge is 0.407 e. The van der Waals surface area contributed by atoms with Crippen LogP contribution in [0.4, 0.5) is 4.79 Å². The van der Waals surface area contributed by atoms with E-state index in [1.807, 2.05) is 6.92 Å². The number of benzene rings is 1. The molecule has 0 aliphatic heterocycles. The van der Waals surface area contributed by atoms with E-state index in [0.717, 1.165) is 38.3 Å². The Balaban J connectivity index is 1.55. The molecule has 2 aromatic rings. The molecule has 29 heavy (non-hydrogen) atoms. The van der Waals surface area contributed by atoms with Gasteiger partial charge in [-0.15, -0.1) is 0 Å². The van der Waals surface area contributed by atoms with Gasteiger partial charge in [0.15, 0.2) is 5.96 Å². The molecule has 1 atom stereocenters. The van der Waals surface area contributed by atoms with Gasteiger partial charge in [-0.3, -0.25) is 4.99 Å². The lowest BCUT2D eigenvalue weighted by atomic mass is 10.1. The zero-order valence-electron chi connectivity index (χ0n) is 17.7. The van der Waals surface area contributed by atoms with Crippen molar-refractivity contribution in [1.82, 2.24) is 20.9 Å². The Morgan fingerprint density at radius 3 is 2.86 bits per heavy atom. The molecule has 1 aromatic carbocycles. The third-order valence-electron chi connectivity index (χ3n) is 5.26. The largest absolute Gasteiger partial charge is 0.450 e. The van der Waals surface area contributed by atoms with Crippen LogP contribution >= 0.6 is 0 Å². The summed E-state index contributed by atoms with van der Waals surface area (Å²) < 4.78 is 5.02. The number of hydrogen-bond donors (Lipinski definition) is 4. The second-order valence-corrected chi connectivity index (χ2v) is 7.52. The number of aliphatic imine (C=N–C) groups is 1. The van der Waals surface area contributed by atoms with E-state index >= 15 is 0 Å². The Hall–Kier alpha value is -2.70. The molecule has 0 radical (unpaired) electrons. The Bertz CT molecular complexity index is 841. The van der Waals surface area contributed by atoms with Crippen LogP contribution < -0.4 is 16.0 Å². The van der Waals surface area contributed by atoms with Crippen molar-refractivity contribution in [3.05, 3.63) is 35.5 Å². The lowest BCUT2D eigenvalue weighted by Crippen LogP contribution is -2.42. The van der Waals surface area contributed by atoms with Gasteiger partial charge in [0.1, 0.15) is 0 Å². The minimum Gasteiger partial charge on any atom is -0.450 e. The number of fused-ring (bicyclic) bond motifs is 1. The van der Waals surface area contributed by atoms with E-state index in [-0.39, 0.29) is 12.1 Å². The quantitative estimate of drug-likeness (QED) is 0.385. The fourth-order valence-electron chi connectivity index (χ4n) is 3.55. The Kier molecular flexibility index (Phi) is 7.38. The molecule has 4 N–H and O–H groups in total. The van der Waals surface area contributed by atoms with Crippen molar-refractivity contribution < 1.29 is 9.53 Å². The number of carbonyl (C=O) groups is 1. The summed E-state index contributed by atoms with van der Waals surface area (Å²) in [5.74, 6) is 1.28. The maximum atomic E-state index is 11.8. The van der Waals surface area contributed by atoms with Crippen molar-refractivity contribution in [2.24, 2.45) is 10.9 Å². The predicted octanol–water partition coefficient (Wildman–Crippen LogP) is 3.10. The highest BCUT2D eigenvalue weighted by Crippen LogP contribution is 2.32. The van der Waals surface area contributed by atoms with Gasteiger partial charge in [0.2, 0.25) is 0 Å². The van der Waals surface area contributed by atoms with E-state index in [4.69, 9.17) is 9.73 Å². The Morgan fingerprint density at radius 1 is 1.31 bits per heavy atom. The van der Waals surface area contributed by atoms with Gasteiger partial charge in [0.25, 0.3) is 0 Å². The molecular weight excluding hydrogens is 366 g/mol. The molecule has 1 heterocycles. The van der Waals surface area contributed by atoms with E-state index in [1.54, 1.807) is 0 Å². The van der Waals surface area contributed by atoms with Crippen LogP contribution in [-0.2, 0) is 11.2 Å². The second kappa shape index (κ2) is 10.2. The topological polar surface area (TPSA) is 90.5 Å². The van der Waals surface area contributed by atoms with Gasteiger partial charge in [0.05, 0.1) is 19.2 Å². The molecule has 158 valence electrons. The van der Waals surface area contributed by atoms with Crippen LogP contribution in [-0.4, -0.2) is 49.3 Å². The third kappa shape index (κ3) is 5.89. The maximum absolute atomic E-state index is 11.8. The van der Waals surface area contributed by atoms with Gasteiger partial charge in [-0.2, -0.15) is 0 Å². The lowest BCUT2D eigenvalue weighted by Gasteiger charge is -2.17. The van der Waals surface area contributed by atoms with Crippen molar-refractivity contribution in [3.63, 3.8) is 0 Å². The van der Waals surface area contributed by atoms with Crippen molar-refractivity contribution in [2.45, 2.75) is 46.1 Å². The summed E-state index contributed by atoms with van der Waals surface area (Å²) in [5.41, 5.74) is 3.77. The SMILES string of the molecule is CCNC(=NCC(NC(=O)OCC)C1CC1)NCCc1c[nH]c2c(C)cccc12. The average Bonchev–Trinajstić information content (AvgIpc) is 3.46. The summed E-state index contributed by atoms with van der Waals surface area (Å²) in [6.45, 7) is 8.48. The minimum absolute atomic E-state index is 0.0288. The van der Waals surface area contributed by atoms with Gasteiger partial charge in [0, 0.05) is 30.2 Å². The number of nitrogens with zero attached hydrogens (tertiary/aromatic N) is 1. The number of aromatic nitrogens is 1. The summed E-state index contributed by atoms with van der Waals surface area (Å²) >= 11 is 0. The lowest BCUT2D eigenvalue weighted by molar-refractivity contribution is 0.147. The molecule has 1 fully saturated rings. The van der Waals surface area contributed by atoms with Crippen LogP contribution in [0.1, 0.15) is 37.8 Å². The molecule has 3 rings (SSSR count). The monoisotopic (exact) mass is 399 g/mol. The fourth-order valence-corrected chi connectivity index (χ4v) is 3.55. The standard InChI is InChI=1S/C22H33N5O2/c1-4-23-21(26-14-19(16-9-10-16)27-22(28)29-5-2)24-12-11-17-13-25-20-15(3)7-6-8-18(17)20/h6-8,13,16,19,25H,4-5,9-12,14H2,1-3H3,(H,27,28)(H2,23,24,26).